The summed E-state index contributed by atoms with van der Waals surface area (Å²) in [5.41, 5.74) is 3.85. The van der Waals surface area contributed by atoms with Gasteiger partial charge in [-0.3, -0.25) is 19.7 Å². The quantitative estimate of drug-likeness (QED) is 0.605. The molecule has 0 bridgehead atoms. The molecule has 0 spiro atoms. The van der Waals surface area contributed by atoms with Gasteiger partial charge in [0.1, 0.15) is 5.69 Å². The number of H-pyrrole nitrogens is 1. The zero-order chi connectivity index (χ0) is 21.1. The number of piperidine rings is 1. The second kappa shape index (κ2) is 8.79. The van der Waals surface area contributed by atoms with Crippen molar-refractivity contribution in [3.05, 3.63) is 64.5 Å². The van der Waals surface area contributed by atoms with Crippen LogP contribution in [-0.2, 0) is 4.79 Å². The third kappa shape index (κ3) is 4.43. The van der Waals surface area contributed by atoms with Gasteiger partial charge in [0.25, 0.3) is 5.91 Å². The lowest BCUT2D eigenvalue weighted by Crippen LogP contribution is -2.43. The molecule has 0 radical (unpaired) electrons. The molecule has 30 heavy (non-hydrogen) atoms. The molecule has 2 amide bonds. The molecule has 1 saturated heterocycles. The van der Waals surface area contributed by atoms with E-state index in [1.54, 1.807) is 23.4 Å². The highest BCUT2D eigenvalue weighted by Crippen LogP contribution is 2.26. The second-order valence-electron chi connectivity index (χ2n) is 7.47. The fraction of sp³-hybridized carbons (Fsp3) is 0.273. The predicted octanol–water partition coefficient (Wildman–Crippen LogP) is 4.03. The Balaban J connectivity index is 1.43. The van der Waals surface area contributed by atoms with E-state index in [1.807, 2.05) is 37.3 Å². The Morgan fingerprint density at radius 2 is 2.00 bits per heavy atom. The Labute approximate surface area is 183 Å². The third-order valence-corrected chi connectivity index (χ3v) is 5.90. The number of carbonyl (C=O) groups excluding carboxylic acids is 2. The van der Waals surface area contributed by atoms with Crippen LogP contribution in [0.15, 0.2) is 53.3 Å². The van der Waals surface area contributed by atoms with Gasteiger partial charge in [0.05, 0.1) is 17.3 Å². The van der Waals surface area contributed by atoms with Gasteiger partial charge in [0.2, 0.25) is 5.91 Å². The number of likely N-dealkylation sites (tertiary alicyclic amines) is 1. The SMILES string of the molecule is Cc1ccc(NC(=O)[C@@H]2CCCN(C(=O)c3cc(-c4ccncc4)n[nH]3)C2)c(Br)c1. The van der Waals surface area contributed by atoms with Crippen LogP contribution in [0.5, 0.6) is 0 Å². The van der Waals surface area contributed by atoms with Crippen molar-refractivity contribution >= 4 is 33.4 Å². The van der Waals surface area contributed by atoms with E-state index in [1.165, 1.54) is 0 Å². The monoisotopic (exact) mass is 467 g/mol. The molecule has 1 aromatic carbocycles. The van der Waals surface area contributed by atoms with E-state index in [-0.39, 0.29) is 17.7 Å². The maximum absolute atomic E-state index is 13.0. The first-order valence-electron chi connectivity index (χ1n) is 9.83. The number of nitrogens with one attached hydrogen (secondary N) is 2. The molecule has 0 unspecified atom stereocenters. The first-order chi connectivity index (χ1) is 14.5. The molecule has 3 heterocycles. The van der Waals surface area contributed by atoms with Crippen molar-refractivity contribution in [2.75, 3.05) is 18.4 Å². The number of hydrogen-bond acceptors (Lipinski definition) is 4. The summed E-state index contributed by atoms with van der Waals surface area (Å²) < 4.78 is 0.848. The van der Waals surface area contributed by atoms with Crippen LogP contribution in [0.4, 0.5) is 5.69 Å². The average Bonchev–Trinajstić information content (AvgIpc) is 3.26. The summed E-state index contributed by atoms with van der Waals surface area (Å²) in [4.78, 5) is 31.5. The average molecular weight is 468 g/mol. The van der Waals surface area contributed by atoms with Gasteiger partial charge >= 0.3 is 0 Å². The lowest BCUT2D eigenvalue weighted by Gasteiger charge is -2.31. The fourth-order valence-electron chi connectivity index (χ4n) is 3.60. The summed E-state index contributed by atoms with van der Waals surface area (Å²) in [6.07, 6.45) is 4.91. The molecular weight excluding hydrogens is 446 g/mol. The summed E-state index contributed by atoms with van der Waals surface area (Å²) in [5.74, 6) is -0.463. The van der Waals surface area contributed by atoms with E-state index in [0.717, 1.165) is 34.1 Å². The lowest BCUT2D eigenvalue weighted by atomic mass is 9.96. The molecule has 2 aromatic heterocycles. The first kappa shape index (κ1) is 20.3. The number of aromatic nitrogens is 3. The number of carbonyl (C=O) groups is 2. The minimum Gasteiger partial charge on any atom is -0.337 e. The van der Waals surface area contributed by atoms with Crippen LogP contribution >= 0.6 is 15.9 Å². The molecule has 0 saturated carbocycles. The minimum absolute atomic E-state index is 0.0702. The van der Waals surface area contributed by atoms with Crippen LogP contribution in [0.3, 0.4) is 0 Å². The Morgan fingerprint density at radius 1 is 1.20 bits per heavy atom. The molecule has 8 heteroatoms. The number of aromatic amines is 1. The lowest BCUT2D eigenvalue weighted by molar-refractivity contribution is -0.121. The Bertz CT molecular complexity index is 1070. The molecule has 1 aliphatic rings. The summed E-state index contributed by atoms with van der Waals surface area (Å²) >= 11 is 3.49. The van der Waals surface area contributed by atoms with Gasteiger partial charge in [-0.25, -0.2) is 0 Å². The van der Waals surface area contributed by atoms with Crippen LogP contribution in [0, 0.1) is 12.8 Å². The number of anilines is 1. The molecule has 4 rings (SSSR count). The van der Waals surface area contributed by atoms with Crippen LogP contribution in [-0.4, -0.2) is 45.0 Å². The van der Waals surface area contributed by atoms with Crippen molar-refractivity contribution in [2.24, 2.45) is 5.92 Å². The van der Waals surface area contributed by atoms with E-state index in [9.17, 15) is 9.59 Å². The van der Waals surface area contributed by atoms with Crippen molar-refractivity contribution in [3.8, 4) is 11.3 Å². The summed E-state index contributed by atoms with van der Waals surface area (Å²) in [6, 6.07) is 11.2. The third-order valence-electron chi connectivity index (χ3n) is 5.25. The molecule has 1 atom stereocenters. The van der Waals surface area contributed by atoms with Crippen molar-refractivity contribution in [3.63, 3.8) is 0 Å². The molecule has 154 valence electrons. The second-order valence-corrected chi connectivity index (χ2v) is 8.32. The highest BCUT2D eigenvalue weighted by Gasteiger charge is 2.30. The Kier molecular flexibility index (Phi) is 5.94. The molecular formula is C22H22BrN5O2. The summed E-state index contributed by atoms with van der Waals surface area (Å²) in [7, 11) is 0. The molecule has 2 N–H and O–H groups in total. The standard InChI is InChI=1S/C22H22BrN5O2/c1-14-4-5-18(17(23)11-14)25-21(29)16-3-2-10-28(13-16)22(30)20-12-19(26-27-20)15-6-8-24-9-7-15/h4-9,11-12,16H,2-3,10,13H2,1H3,(H,25,29)(H,26,27)/t16-/m1/s1. The van der Waals surface area contributed by atoms with Gasteiger partial charge in [-0.05, 0) is 71.6 Å². The van der Waals surface area contributed by atoms with Gasteiger partial charge < -0.3 is 10.2 Å². The zero-order valence-electron chi connectivity index (χ0n) is 16.6. The largest absolute Gasteiger partial charge is 0.337 e. The highest BCUT2D eigenvalue weighted by molar-refractivity contribution is 9.10. The van der Waals surface area contributed by atoms with Crippen LogP contribution < -0.4 is 5.32 Å². The Hall–Kier alpha value is -3.00. The number of rotatable bonds is 4. The van der Waals surface area contributed by atoms with Crippen LogP contribution in [0.25, 0.3) is 11.3 Å². The number of amides is 2. The normalized spacial score (nSPS) is 16.3. The van der Waals surface area contributed by atoms with Gasteiger partial charge in [-0.1, -0.05) is 6.07 Å². The van der Waals surface area contributed by atoms with Gasteiger partial charge in [-0.15, -0.1) is 0 Å². The van der Waals surface area contributed by atoms with Crippen molar-refractivity contribution < 1.29 is 9.59 Å². The van der Waals surface area contributed by atoms with Crippen molar-refractivity contribution in [1.29, 1.82) is 0 Å². The van der Waals surface area contributed by atoms with E-state index in [2.05, 4.69) is 36.4 Å². The number of benzene rings is 1. The van der Waals surface area contributed by atoms with Crippen molar-refractivity contribution in [1.82, 2.24) is 20.1 Å². The number of aryl methyl sites for hydroxylation is 1. The predicted molar refractivity (Wildman–Crippen MR) is 118 cm³/mol. The topological polar surface area (TPSA) is 91.0 Å². The number of nitrogens with zero attached hydrogens (tertiary/aromatic N) is 3. The summed E-state index contributed by atoms with van der Waals surface area (Å²) in [6.45, 7) is 3.01. The van der Waals surface area contributed by atoms with Crippen molar-refractivity contribution in [2.45, 2.75) is 19.8 Å². The van der Waals surface area contributed by atoms with Gasteiger partial charge in [0.15, 0.2) is 0 Å². The first-order valence-corrected chi connectivity index (χ1v) is 10.6. The van der Waals surface area contributed by atoms with Crippen LogP contribution in [0.2, 0.25) is 0 Å². The minimum atomic E-state index is -0.251. The van der Waals surface area contributed by atoms with E-state index in [4.69, 9.17) is 0 Å². The van der Waals surface area contributed by atoms with E-state index < -0.39 is 0 Å². The molecule has 1 aliphatic heterocycles. The van der Waals surface area contributed by atoms with E-state index in [0.29, 0.717) is 24.5 Å². The molecule has 3 aromatic rings. The molecule has 7 nitrogen and oxygen atoms in total. The maximum atomic E-state index is 13.0. The maximum Gasteiger partial charge on any atom is 0.271 e. The van der Waals surface area contributed by atoms with Crippen LogP contribution in [0.1, 0.15) is 28.9 Å². The summed E-state index contributed by atoms with van der Waals surface area (Å²) in [5, 5.41) is 10.1. The molecule has 1 fully saturated rings. The Morgan fingerprint density at radius 3 is 2.77 bits per heavy atom. The fourth-order valence-corrected chi connectivity index (χ4v) is 4.20. The van der Waals surface area contributed by atoms with E-state index >= 15 is 0 Å². The number of pyridine rings is 1. The smallest absolute Gasteiger partial charge is 0.271 e. The highest BCUT2D eigenvalue weighted by atomic mass is 79.9. The number of halogens is 1. The molecule has 0 aliphatic carbocycles. The van der Waals surface area contributed by atoms with Gasteiger partial charge in [-0.2, -0.15) is 5.10 Å². The van der Waals surface area contributed by atoms with Gasteiger partial charge in [0, 0.05) is 35.5 Å². The number of hydrogen-bond donors (Lipinski definition) is 2. The zero-order valence-corrected chi connectivity index (χ0v) is 18.1.